The minimum Gasteiger partial charge on any atom is -0.262 e. The lowest BCUT2D eigenvalue weighted by Gasteiger charge is -2.14. The molecular formula is C14H20O3S. The van der Waals surface area contributed by atoms with E-state index >= 15 is 0 Å². The second kappa shape index (κ2) is 5.02. The Morgan fingerprint density at radius 2 is 2.00 bits per heavy atom. The van der Waals surface area contributed by atoms with Crippen LogP contribution >= 0.6 is 0 Å². The molecule has 0 aliphatic heterocycles. The third-order valence-corrected chi connectivity index (χ3v) is 3.81. The molecule has 0 amide bonds. The first-order chi connectivity index (χ1) is 8.33. The maximum absolute atomic E-state index is 11.2. The monoisotopic (exact) mass is 268 g/mol. The van der Waals surface area contributed by atoms with Gasteiger partial charge in [-0.25, -0.2) is 0 Å². The highest BCUT2D eigenvalue weighted by atomic mass is 32.2. The molecule has 0 spiro atoms. The van der Waals surface area contributed by atoms with E-state index in [4.69, 9.17) is 4.18 Å². The molecule has 1 aromatic carbocycles. The second-order valence-corrected chi connectivity index (χ2v) is 6.94. The normalized spacial score (nSPS) is 17.7. The average Bonchev–Trinajstić information content (AvgIpc) is 2.98. The van der Waals surface area contributed by atoms with Crippen molar-refractivity contribution in [3.63, 3.8) is 0 Å². The van der Waals surface area contributed by atoms with Gasteiger partial charge in [-0.2, -0.15) is 8.42 Å². The van der Waals surface area contributed by atoms with Crippen LogP contribution in [-0.4, -0.2) is 14.7 Å². The zero-order chi connectivity index (χ0) is 13.3. The third-order valence-electron chi connectivity index (χ3n) is 3.17. The van der Waals surface area contributed by atoms with Gasteiger partial charge in [-0.1, -0.05) is 23.8 Å². The van der Waals surface area contributed by atoms with Crippen molar-refractivity contribution in [3.05, 3.63) is 34.9 Å². The van der Waals surface area contributed by atoms with Gasteiger partial charge < -0.3 is 0 Å². The van der Waals surface area contributed by atoms with Crippen molar-refractivity contribution >= 4 is 10.1 Å². The van der Waals surface area contributed by atoms with Crippen molar-refractivity contribution in [2.24, 2.45) is 5.92 Å². The Morgan fingerprint density at radius 3 is 2.56 bits per heavy atom. The summed E-state index contributed by atoms with van der Waals surface area (Å²) in [6.07, 6.45) is 4.40. The summed E-state index contributed by atoms with van der Waals surface area (Å²) in [6.45, 7) is 3.81. The molecule has 1 atom stereocenters. The smallest absolute Gasteiger partial charge is 0.262 e. The van der Waals surface area contributed by atoms with Gasteiger partial charge >= 0.3 is 0 Å². The largest absolute Gasteiger partial charge is 0.264 e. The van der Waals surface area contributed by atoms with Gasteiger partial charge in [-0.15, -0.1) is 0 Å². The van der Waals surface area contributed by atoms with Crippen molar-refractivity contribution in [3.8, 4) is 0 Å². The molecule has 0 saturated heterocycles. The van der Waals surface area contributed by atoms with E-state index in [2.05, 4.69) is 12.1 Å². The van der Waals surface area contributed by atoms with Gasteiger partial charge in [0.15, 0.2) is 0 Å². The summed E-state index contributed by atoms with van der Waals surface area (Å²) in [5, 5.41) is 0. The summed E-state index contributed by atoms with van der Waals surface area (Å²) in [5.41, 5.74) is 3.39. The van der Waals surface area contributed by atoms with Crippen LogP contribution in [0.15, 0.2) is 18.2 Å². The Balaban J connectivity index is 2.18. The van der Waals surface area contributed by atoms with Crippen molar-refractivity contribution < 1.29 is 12.6 Å². The molecule has 0 heterocycles. The Labute approximate surface area is 109 Å². The Kier molecular flexibility index (Phi) is 3.78. The minimum atomic E-state index is -3.41. The molecule has 3 nitrogen and oxygen atoms in total. The number of rotatable bonds is 5. The van der Waals surface area contributed by atoms with Crippen LogP contribution < -0.4 is 0 Å². The summed E-state index contributed by atoms with van der Waals surface area (Å²) >= 11 is 0. The molecule has 1 aromatic rings. The predicted molar refractivity (Wildman–Crippen MR) is 72.0 cm³/mol. The zero-order valence-electron chi connectivity index (χ0n) is 11.1. The van der Waals surface area contributed by atoms with Crippen molar-refractivity contribution in [2.45, 2.75) is 39.2 Å². The Bertz CT molecular complexity index is 530. The Morgan fingerprint density at radius 1 is 1.33 bits per heavy atom. The van der Waals surface area contributed by atoms with Crippen LogP contribution in [0.4, 0.5) is 0 Å². The topological polar surface area (TPSA) is 43.4 Å². The van der Waals surface area contributed by atoms with E-state index in [1.807, 2.05) is 13.0 Å². The number of benzene rings is 1. The number of aryl methyl sites for hydroxylation is 1. The van der Waals surface area contributed by atoms with E-state index in [1.54, 1.807) is 6.92 Å². The van der Waals surface area contributed by atoms with Gasteiger partial charge in [0.25, 0.3) is 10.1 Å². The molecule has 1 unspecified atom stereocenters. The molecule has 1 saturated carbocycles. The van der Waals surface area contributed by atoms with E-state index in [0.29, 0.717) is 0 Å². The van der Waals surface area contributed by atoms with Crippen LogP contribution in [0.1, 0.15) is 42.6 Å². The lowest BCUT2D eigenvalue weighted by Crippen LogP contribution is -2.08. The molecule has 0 radical (unpaired) electrons. The molecule has 18 heavy (non-hydrogen) atoms. The van der Waals surface area contributed by atoms with E-state index in [0.717, 1.165) is 29.7 Å². The predicted octanol–water partition coefficient (Wildman–Crippen LogP) is 2.98. The van der Waals surface area contributed by atoms with Gasteiger partial charge in [0.1, 0.15) is 0 Å². The molecule has 0 aromatic heterocycles. The molecule has 1 aliphatic rings. The maximum Gasteiger partial charge on any atom is 0.264 e. The standard InChI is InChI=1S/C14H20O3S/c1-10-6-13(8-12-4-5-12)9-14(7-10)11(2)17-18(3,15)16/h6-7,9,11-12H,4-5,8H2,1-3H3. The maximum atomic E-state index is 11.2. The lowest BCUT2D eigenvalue weighted by atomic mass is 10.00. The quantitative estimate of drug-likeness (QED) is 0.771. The highest BCUT2D eigenvalue weighted by molar-refractivity contribution is 7.86. The van der Waals surface area contributed by atoms with E-state index in [9.17, 15) is 8.42 Å². The zero-order valence-corrected chi connectivity index (χ0v) is 12.0. The van der Waals surface area contributed by atoms with Crippen LogP contribution in [0.2, 0.25) is 0 Å². The Hall–Kier alpha value is -0.870. The molecule has 1 fully saturated rings. The molecule has 0 bridgehead atoms. The van der Waals surface area contributed by atoms with Crippen LogP contribution in [0.3, 0.4) is 0 Å². The lowest BCUT2D eigenvalue weighted by molar-refractivity contribution is 0.236. The highest BCUT2D eigenvalue weighted by Crippen LogP contribution is 2.33. The fraction of sp³-hybridized carbons (Fsp3) is 0.571. The molecule has 100 valence electrons. The van der Waals surface area contributed by atoms with Gasteiger partial charge in [-0.05, 0) is 50.2 Å². The fourth-order valence-electron chi connectivity index (χ4n) is 2.22. The van der Waals surface area contributed by atoms with Crippen molar-refractivity contribution in [1.82, 2.24) is 0 Å². The number of hydrogen-bond acceptors (Lipinski definition) is 3. The van der Waals surface area contributed by atoms with E-state index in [-0.39, 0.29) is 0 Å². The van der Waals surface area contributed by atoms with Crippen LogP contribution in [0, 0.1) is 12.8 Å². The molecule has 4 heteroatoms. The SMILES string of the molecule is Cc1cc(CC2CC2)cc(C(C)OS(C)(=O)=O)c1. The van der Waals surface area contributed by atoms with Gasteiger partial charge in [0.2, 0.25) is 0 Å². The summed E-state index contributed by atoms with van der Waals surface area (Å²) < 4.78 is 27.3. The minimum absolute atomic E-state index is 0.419. The van der Waals surface area contributed by atoms with Crippen molar-refractivity contribution in [1.29, 1.82) is 0 Å². The first kappa shape index (κ1) is 13.6. The second-order valence-electron chi connectivity index (χ2n) is 5.34. The molecule has 1 aliphatic carbocycles. The fourth-order valence-corrected chi connectivity index (χ4v) is 2.86. The summed E-state index contributed by atoms with van der Waals surface area (Å²) in [4.78, 5) is 0. The highest BCUT2D eigenvalue weighted by Gasteiger charge is 2.22. The summed E-state index contributed by atoms with van der Waals surface area (Å²) in [5.74, 6) is 0.825. The van der Waals surface area contributed by atoms with E-state index in [1.165, 1.54) is 18.4 Å². The molecule has 0 N–H and O–H groups in total. The van der Waals surface area contributed by atoms with E-state index < -0.39 is 16.2 Å². The first-order valence-electron chi connectivity index (χ1n) is 6.32. The third kappa shape index (κ3) is 4.10. The average molecular weight is 268 g/mol. The molecule has 2 rings (SSSR count). The van der Waals surface area contributed by atoms with Gasteiger partial charge in [0.05, 0.1) is 12.4 Å². The van der Waals surface area contributed by atoms with Gasteiger partial charge in [0, 0.05) is 0 Å². The first-order valence-corrected chi connectivity index (χ1v) is 8.14. The molecular weight excluding hydrogens is 248 g/mol. The van der Waals surface area contributed by atoms with Crippen molar-refractivity contribution in [2.75, 3.05) is 6.26 Å². The van der Waals surface area contributed by atoms with Crippen LogP contribution in [0.5, 0.6) is 0 Å². The summed E-state index contributed by atoms with van der Waals surface area (Å²) in [7, 11) is -3.41. The number of hydrogen-bond donors (Lipinski definition) is 0. The van der Waals surface area contributed by atoms with Crippen LogP contribution in [-0.2, 0) is 20.7 Å². The van der Waals surface area contributed by atoms with Gasteiger partial charge in [-0.3, -0.25) is 4.18 Å². The summed E-state index contributed by atoms with van der Waals surface area (Å²) in [6, 6.07) is 6.24. The van der Waals surface area contributed by atoms with Crippen LogP contribution in [0.25, 0.3) is 0 Å².